The zero-order chi connectivity index (χ0) is 11.8. The van der Waals surface area contributed by atoms with Gasteiger partial charge in [-0.05, 0) is 36.5 Å². The molecule has 4 heteroatoms. The van der Waals surface area contributed by atoms with E-state index in [1.54, 1.807) is 0 Å². The van der Waals surface area contributed by atoms with Crippen molar-refractivity contribution >= 4 is 11.8 Å². The first-order valence-electron chi connectivity index (χ1n) is 5.95. The summed E-state index contributed by atoms with van der Waals surface area (Å²) < 4.78 is 1.92. The molecule has 0 aliphatic carbocycles. The zero-order valence-electron chi connectivity index (χ0n) is 10.6. The quantitative estimate of drug-likeness (QED) is 0.708. The third kappa shape index (κ3) is 5.56. The Hall–Kier alpha value is -0.480. The number of rotatable bonds is 8. The van der Waals surface area contributed by atoms with Crippen molar-refractivity contribution < 1.29 is 0 Å². The topological polar surface area (TPSA) is 29.9 Å². The minimum atomic E-state index is 0.812. The Kier molecular flexibility index (Phi) is 6.57. The molecule has 0 unspecified atom stereocenters. The van der Waals surface area contributed by atoms with E-state index in [-0.39, 0.29) is 0 Å². The molecular formula is C12H23N3S. The highest BCUT2D eigenvalue weighted by Gasteiger charge is 1.97. The van der Waals surface area contributed by atoms with Crippen LogP contribution in [0.15, 0.2) is 12.3 Å². The molecule has 0 saturated heterocycles. The summed E-state index contributed by atoms with van der Waals surface area (Å²) in [4.78, 5) is 0. The van der Waals surface area contributed by atoms with Crippen LogP contribution in [0.4, 0.5) is 0 Å². The summed E-state index contributed by atoms with van der Waals surface area (Å²) in [6, 6.07) is 2.06. The first kappa shape index (κ1) is 13.6. The molecule has 1 aromatic heterocycles. The second kappa shape index (κ2) is 7.74. The third-order valence-electron chi connectivity index (χ3n) is 2.32. The van der Waals surface area contributed by atoms with E-state index in [2.05, 4.69) is 42.1 Å². The maximum atomic E-state index is 4.14. The van der Waals surface area contributed by atoms with Gasteiger partial charge in [-0.15, -0.1) is 0 Å². The minimum absolute atomic E-state index is 0.812. The summed E-state index contributed by atoms with van der Waals surface area (Å²) in [5.74, 6) is 3.35. The van der Waals surface area contributed by atoms with Gasteiger partial charge in [0.1, 0.15) is 0 Å². The van der Waals surface area contributed by atoms with Gasteiger partial charge in [-0.25, -0.2) is 0 Å². The molecule has 0 spiro atoms. The van der Waals surface area contributed by atoms with E-state index in [4.69, 9.17) is 0 Å². The van der Waals surface area contributed by atoms with E-state index in [9.17, 15) is 0 Å². The van der Waals surface area contributed by atoms with Crippen molar-refractivity contribution in [2.45, 2.75) is 26.8 Å². The molecule has 0 atom stereocenters. The van der Waals surface area contributed by atoms with Crippen LogP contribution in [0.1, 0.15) is 26.0 Å². The fourth-order valence-electron chi connectivity index (χ4n) is 1.41. The van der Waals surface area contributed by atoms with Crippen molar-refractivity contribution in [3.05, 3.63) is 18.0 Å². The molecule has 1 aromatic rings. The number of nitrogens with one attached hydrogen (secondary N) is 1. The van der Waals surface area contributed by atoms with Crippen LogP contribution in [-0.4, -0.2) is 27.8 Å². The highest BCUT2D eigenvalue weighted by Crippen LogP contribution is 2.08. The SMILES string of the molecule is CC(C)CSCCCNCc1ccnn1C. The fraction of sp³-hybridized carbons (Fsp3) is 0.750. The highest BCUT2D eigenvalue weighted by atomic mass is 32.2. The summed E-state index contributed by atoms with van der Waals surface area (Å²) in [6.07, 6.45) is 3.09. The van der Waals surface area contributed by atoms with Crippen LogP contribution in [0.25, 0.3) is 0 Å². The number of aromatic nitrogens is 2. The van der Waals surface area contributed by atoms with Crippen LogP contribution in [0.3, 0.4) is 0 Å². The van der Waals surface area contributed by atoms with Gasteiger partial charge in [0.2, 0.25) is 0 Å². The Morgan fingerprint density at radius 2 is 2.31 bits per heavy atom. The molecule has 0 fully saturated rings. The molecule has 92 valence electrons. The van der Waals surface area contributed by atoms with Gasteiger partial charge >= 0.3 is 0 Å². The molecular weight excluding hydrogens is 218 g/mol. The molecule has 0 bridgehead atoms. The first-order chi connectivity index (χ1) is 7.70. The van der Waals surface area contributed by atoms with Crippen molar-refractivity contribution in [2.75, 3.05) is 18.1 Å². The van der Waals surface area contributed by atoms with Gasteiger partial charge in [0, 0.05) is 19.8 Å². The summed E-state index contributed by atoms with van der Waals surface area (Å²) in [5, 5.41) is 7.58. The largest absolute Gasteiger partial charge is 0.311 e. The monoisotopic (exact) mass is 241 g/mol. The summed E-state index contributed by atoms with van der Waals surface area (Å²) in [5.41, 5.74) is 1.25. The van der Waals surface area contributed by atoms with Crippen LogP contribution in [0.2, 0.25) is 0 Å². The van der Waals surface area contributed by atoms with Gasteiger partial charge in [-0.1, -0.05) is 13.8 Å². The average molecular weight is 241 g/mol. The minimum Gasteiger partial charge on any atom is -0.311 e. The molecule has 0 aromatic carbocycles. The van der Waals surface area contributed by atoms with Gasteiger partial charge < -0.3 is 5.32 Å². The highest BCUT2D eigenvalue weighted by molar-refractivity contribution is 7.99. The van der Waals surface area contributed by atoms with Crippen molar-refractivity contribution in [3.63, 3.8) is 0 Å². The van der Waals surface area contributed by atoms with Crippen LogP contribution >= 0.6 is 11.8 Å². The van der Waals surface area contributed by atoms with Gasteiger partial charge in [-0.3, -0.25) is 4.68 Å². The standard InChI is InChI=1S/C12H23N3S/c1-11(2)10-16-8-4-6-13-9-12-5-7-14-15(12)3/h5,7,11,13H,4,6,8-10H2,1-3H3. The number of nitrogens with zero attached hydrogens (tertiary/aromatic N) is 2. The molecule has 0 aliphatic rings. The third-order valence-corrected chi connectivity index (χ3v) is 3.80. The van der Waals surface area contributed by atoms with E-state index >= 15 is 0 Å². The summed E-state index contributed by atoms with van der Waals surface area (Å²) >= 11 is 2.05. The van der Waals surface area contributed by atoms with Crippen LogP contribution < -0.4 is 5.32 Å². The number of hydrogen-bond donors (Lipinski definition) is 1. The number of thioether (sulfide) groups is 1. The average Bonchev–Trinajstić information content (AvgIpc) is 2.62. The Morgan fingerprint density at radius 1 is 1.50 bits per heavy atom. The van der Waals surface area contributed by atoms with E-state index < -0.39 is 0 Å². The molecule has 1 heterocycles. The smallest absolute Gasteiger partial charge is 0.0518 e. The maximum Gasteiger partial charge on any atom is 0.0518 e. The Morgan fingerprint density at radius 3 is 2.94 bits per heavy atom. The van der Waals surface area contributed by atoms with Crippen molar-refractivity contribution in [2.24, 2.45) is 13.0 Å². The normalized spacial score (nSPS) is 11.2. The van der Waals surface area contributed by atoms with Crippen LogP contribution in [0, 0.1) is 5.92 Å². The summed E-state index contributed by atoms with van der Waals surface area (Å²) in [6.45, 7) is 6.56. The van der Waals surface area contributed by atoms with E-state index in [0.29, 0.717) is 0 Å². The summed E-state index contributed by atoms with van der Waals surface area (Å²) in [7, 11) is 1.98. The molecule has 3 nitrogen and oxygen atoms in total. The lowest BCUT2D eigenvalue weighted by molar-refractivity contribution is 0.621. The van der Waals surface area contributed by atoms with Gasteiger partial charge in [0.05, 0.1) is 5.69 Å². The van der Waals surface area contributed by atoms with Gasteiger partial charge in [0.25, 0.3) is 0 Å². The Labute approximate surface area is 103 Å². The first-order valence-corrected chi connectivity index (χ1v) is 7.11. The molecule has 0 amide bonds. The lowest BCUT2D eigenvalue weighted by Crippen LogP contribution is -2.17. The molecule has 1 rings (SSSR count). The Bertz CT molecular complexity index is 284. The van der Waals surface area contributed by atoms with Gasteiger partial charge in [-0.2, -0.15) is 16.9 Å². The maximum absolute atomic E-state index is 4.14. The second-order valence-electron chi connectivity index (χ2n) is 4.45. The molecule has 16 heavy (non-hydrogen) atoms. The Balaban J connectivity index is 1.94. The van der Waals surface area contributed by atoms with E-state index in [1.165, 1.54) is 23.6 Å². The lowest BCUT2D eigenvalue weighted by atomic mass is 10.3. The van der Waals surface area contributed by atoms with E-state index in [1.807, 2.05) is 17.9 Å². The fourth-order valence-corrected chi connectivity index (χ4v) is 2.40. The lowest BCUT2D eigenvalue weighted by Gasteiger charge is -2.06. The van der Waals surface area contributed by atoms with Crippen molar-refractivity contribution in [3.8, 4) is 0 Å². The number of aryl methyl sites for hydroxylation is 1. The molecule has 0 aliphatic heterocycles. The van der Waals surface area contributed by atoms with Crippen LogP contribution in [-0.2, 0) is 13.6 Å². The van der Waals surface area contributed by atoms with Crippen LogP contribution in [0.5, 0.6) is 0 Å². The van der Waals surface area contributed by atoms with Crippen molar-refractivity contribution in [1.82, 2.24) is 15.1 Å². The van der Waals surface area contributed by atoms with Gasteiger partial charge in [0.15, 0.2) is 0 Å². The number of hydrogen-bond acceptors (Lipinski definition) is 3. The molecule has 1 N–H and O–H groups in total. The predicted octanol–water partition coefficient (Wildman–Crippen LogP) is 2.29. The predicted molar refractivity (Wildman–Crippen MR) is 71.7 cm³/mol. The van der Waals surface area contributed by atoms with E-state index in [0.717, 1.165) is 19.0 Å². The molecule has 0 saturated carbocycles. The molecule has 0 radical (unpaired) electrons. The second-order valence-corrected chi connectivity index (χ2v) is 5.60. The zero-order valence-corrected chi connectivity index (χ0v) is 11.4. The van der Waals surface area contributed by atoms with Crippen molar-refractivity contribution in [1.29, 1.82) is 0 Å².